The number of nitrogens with two attached hydrogens (primary N) is 1. The number of hydrogen-bond donors (Lipinski definition) is 1. The minimum Gasteiger partial charge on any atom is -0.366 e. The van der Waals surface area contributed by atoms with Gasteiger partial charge in [-0.25, -0.2) is 0 Å². The number of carbonyl (C=O) groups is 1. The molecule has 0 saturated carbocycles. The lowest BCUT2D eigenvalue weighted by molar-refractivity contribution is 0.100. The second kappa shape index (κ2) is 6.29. The zero-order valence-electron chi connectivity index (χ0n) is 13.9. The van der Waals surface area contributed by atoms with Crippen LogP contribution >= 0.6 is 0 Å². The largest absolute Gasteiger partial charge is 0.366 e. The summed E-state index contributed by atoms with van der Waals surface area (Å²) in [5, 5.41) is 4.02. The standard InChI is InChI=1S/C17H19N5O2/c1-21(2)9-11-4-6-12(7-5-11)16-19-17(24-20-16)14-8-13(15(18)23)10-22(14)3/h4-8,10H,9H2,1-3H3,(H2,18,23). The van der Waals surface area contributed by atoms with Gasteiger partial charge >= 0.3 is 0 Å². The monoisotopic (exact) mass is 325 g/mol. The van der Waals surface area contributed by atoms with E-state index in [1.54, 1.807) is 23.9 Å². The van der Waals surface area contributed by atoms with E-state index in [9.17, 15) is 4.79 Å². The topological polar surface area (TPSA) is 90.2 Å². The number of rotatable bonds is 5. The zero-order chi connectivity index (χ0) is 17.3. The molecular formula is C17H19N5O2. The molecule has 0 atom stereocenters. The molecule has 3 aromatic rings. The Morgan fingerprint density at radius 1 is 1.29 bits per heavy atom. The Morgan fingerprint density at radius 2 is 2.00 bits per heavy atom. The molecule has 0 aliphatic carbocycles. The Morgan fingerprint density at radius 3 is 2.58 bits per heavy atom. The van der Waals surface area contributed by atoms with Crippen LogP contribution in [0.5, 0.6) is 0 Å². The van der Waals surface area contributed by atoms with E-state index in [0.717, 1.165) is 12.1 Å². The molecule has 1 aromatic carbocycles. The normalized spacial score (nSPS) is 11.2. The van der Waals surface area contributed by atoms with Crippen molar-refractivity contribution in [1.29, 1.82) is 0 Å². The van der Waals surface area contributed by atoms with Crippen LogP contribution in [-0.2, 0) is 13.6 Å². The smallest absolute Gasteiger partial charge is 0.274 e. The van der Waals surface area contributed by atoms with Crippen LogP contribution in [0.2, 0.25) is 0 Å². The molecule has 124 valence electrons. The SMILES string of the molecule is CN(C)Cc1ccc(-c2noc(-c3cc(C(N)=O)cn3C)n2)cc1. The van der Waals surface area contributed by atoms with E-state index >= 15 is 0 Å². The predicted molar refractivity (Wildman–Crippen MR) is 90.0 cm³/mol. The average Bonchev–Trinajstić information content (AvgIpc) is 3.14. The quantitative estimate of drug-likeness (QED) is 0.774. The highest BCUT2D eigenvalue weighted by Gasteiger charge is 2.16. The first-order valence-corrected chi connectivity index (χ1v) is 7.48. The number of benzene rings is 1. The minimum absolute atomic E-state index is 0.345. The van der Waals surface area contributed by atoms with E-state index in [4.69, 9.17) is 10.3 Å². The van der Waals surface area contributed by atoms with Crippen LogP contribution in [0.4, 0.5) is 0 Å². The molecule has 7 nitrogen and oxygen atoms in total. The molecule has 0 saturated heterocycles. The summed E-state index contributed by atoms with van der Waals surface area (Å²) in [7, 11) is 5.85. The van der Waals surface area contributed by atoms with Gasteiger partial charge in [-0.3, -0.25) is 4.79 Å². The molecule has 3 rings (SSSR count). The summed E-state index contributed by atoms with van der Waals surface area (Å²) in [6, 6.07) is 9.65. The Kier molecular flexibility index (Phi) is 4.18. The summed E-state index contributed by atoms with van der Waals surface area (Å²) in [4.78, 5) is 17.8. The first kappa shape index (κ1) is 15.9. The summed E-state index contributed by atoms with van der Waals surface area (Å²) in [5.41, 5.74) is 8.43. The van der Waals surface area contributed by atoms with Gasteiger partial charge in [0.25, 0.3) is 5.89 Å². The zero-order valence-corrected chi connectivity index (χ0v) is 13.9. The van der Waals surface area contributed by atoms with Crippen molar-refractivity contribution in [3.63, 3.8) is 0 Å². The molecule has 2 aromatic heterocycles. The maximum atomic E-state index is 11.3. The van der Waals surface area contributed by atoms with Gasteiger partial charge in [0.1, 0.15) is 5.69 Å². The van der Waals surface area contributed by atoms with Crippen molar-refractivity contribution in [1.82, 2.24) is 19.6 Å². The lowest BCUT2D eigenvalue weighted by Crippen LogP contribution is -2.10. The van der Waals surface area contributed by atoms with E-state index in [1.165, 1.54) is 5.56 Å². The van der Waals surface area contributed by atoms with Crippen LogP contribution < -0.4 is 5.73 Å². The highest BCUT2D eigenvalue weighted by molar-refractivity contribution is 5.93. The van der Waals surface area contributed by atoms with Crippen LogP contribution in [0, 0.1) is 0 Å². The number of aryl methyl sites for hydroxylation is 1. The molecule has 2 N–H and O–H groups in total. The van der Waals surface area contributed by atoms with Crippen molar-refractivity contribution in [3.05, 3.63) is 47.7 Å². The van der Waals surface area contributed by atoms with E-state index < -0.39 is 5.91 Å². The van der Waals surface area contributed by atoms with E-state index in [1.807, 2.05) is 38.4 Å². The third kappa shape index (κ3) is 3.21. The molecule has 0 aliphatic rings. The van der Waals surface area contributed by atoms with Crippen molar-refractivity contribution in [2.75, 3.05) is 14.1 Å². The summed E-state index contributed by atoms with van der Waals surface area (Å²) in [5.74, 6) is 0.355. The Labute approximate surface area is 139 Å². The fourth-order valence-electron chi connectivity index (χ4n) is 2.48. The molecule has 0 aliphatic heterocycles. The number of hydrogen-bond acceptors (Lipinski definition) is 5. The second-order valence-electron chi connectivity index (χ2n) is 5.95. The average molecular weight is 325 g/mol. The van der Waals surface area contributed by atoms with Crippen molar-refractivity contribution < 1.29 is 9.32 Å². The van der Waals surface area contributed by atoms with Crippen LogP contribution in [-0.4, -0.2) is 39.6 Å². The highest BCUT2D eigenvalue weighted by Crippen LogP contribution is 2.24. The highest BCUT2D eigenvalue weighted by atomic mass is 16.5. The van der Waals surface area contributed by atoms with Crippen LogP contribution in [0.15, 0.2) is 41.1 Å². The van der Waals surface area contributed by atoms with Gasteiger partial charge in [-0.1, -0.05) is 29.4 Å². The number of carbonyl (C=O) groups excluding carboxylic acids is 1. The lowest BCUT2D eigenvalue weighted by Gasteiger charge is -2.09. The maximum absolute atomic E-state index is 11.3. The van der Waals surface area contributed by atoms with Crippen LogP contribution in [0.1, 0.15) is 15.9 Å². The first-order valence-electron chi connectivity index (χ1n) is 7.48. The lowest BCUT2D eigenvalue weighted by atomic mass is 10.1. The Bertz CT molecular complexity index is 861. The Balaban J connectivity index is 1.86. The molecule has 0 spiro atoms. The minimum atomic E-state index is -0.493. The van der Waals surface area contributed by atoms with Gasteiger partial charge in [0.15, 0.2) is 0 Å². The van der Waals surface area contributed by atoms with E-state index in [2.05, 4.69) is 15.0 Å². The summed E-state index contributed by atoms with van der Waals surface area (Å²) >= 11 is 0. The third-order valence-corrected chi connectivity index (χ3v) is 3.65. The molecule has 7 heteroatoms. The molecule has 0 fully saturated rings. The van der Waals surface area contributed by atoms with Gasteiger partial charge in [0.05, 0.1) is 5.56 Å². The van der Waals surface area contributed by atoms with Gasteiger partial charge in [0, 0.05) is 25.4 Å². The van der Waals surface area contributed by atoms with Crippen LogP contribution in [0.25, 0.3) is 23.0 Å². The van der Waals surface area contributed by atoms with Gasteiger partial charge in [0.2, 0.25) is 11.7 Å². The summed E-state index contributed by atoms with van der Waals surface area (Å²) in [6.07, 6.45) is 1.64. The molecule has 0 unspecified atom stereocenters. The third-order valence-electron chi connectivity index (χ3n) is 3.65. The van der Waals surface area contributed by atoms with Gasteiger partial charge < -0.3 is 19.7 Å². The van der Waals surface area contributed by atoms with Crippen LogP contribution in [0.3, 0.4) is 0 Å². The molecule has 2 heterocycles. The second-order valence-corrected chi connectivity index (χ2v) is 5.95. The van der Waals surface area contributed by atoms with Gasteiger partial charge in [-0.2, -0.15) is 4.98 Å². The number of aromatic nitrogens is 3. The van der Waals surface area contributed by atoms with Gasteiger partial charge in [-0.05, 0) is 25.7 Å². The number of primary amides is 1. The molecular weight excluding hydrogens is 306 g/mol. The Hall–Kier alpha value is -2.93. The van der Waals surface area contributed by atoms with Crippen molar-refractivity contribution in [2.24, 2.45) is 12.8 Å². The number of amides is 1. The molecule has 1 amide bonds. The fourth-order valence-corrected chi connectivity index (χ4v) is 2.48. The molecule has 24 heavy (non-hydrogen) atoms. The summed E-state index contributed by atoms with van der Waals surface area (Å²) in [6.45, 7) is 0.872. The van der Waals surface area contributed by atoms with E-state index in [0.29, 0.717) is 23.0 Å². The first-order chi connectivity index (χ1) is 11.4. The van der Waals surface area contributed by atoms with Crippen molar-refractivity contribution >= 4 is 5.91 Å². The predicted octanol–water partition coefficient (Wildman–Crippen LogP) is 1.90. The van der Waals surface area contributed by atoms with Crippen molar-refractivity contribution in [2.45, 2.75) is 6.54 Å². The van der Waals surface area contributed by atoms with E-state index in [-0.39, 0.29) is 0 Å². The molecule has 0 radical (unpaired) electrons. The summed E-state index contributed by atoms with van der Waals surface area (Å²) < 4.78 is 7.07. The maximum Gasteiger partial charge on any atom is 0.274 e. The number of nitrogens with zero attached hydrogens (tertiary/aromatic N) is 4. The van der Waals surface area contributed by atoms with Crippen molar-refractivity contribution in [3.8, 4) is 23.0 Å². The van der Waals surface area contributed by atoms with Gasteiger partial charge in [-0.15, -0.1) is 0 Å². The fraction of sp³-hybridized carbons (Fsp3) is 0.235. The molecule has 0 bridgehead atoms.